The molecule has 88 valence electrons. The highest BCUT2D eigenvalue weighted by Gasteiger charge is 2.35. The molecule has 2 heterocycles. The number of nitrogens with two attached hydrogens (primary N) is 1. The zero-order valence-corrected chi connectivity index (χ0v) is 9.01. The SMILES string of the molecule is N#Cc1cc(N2C[C@H](F)C[C@H]2C(N)=O)ccn1. The predicted octanol–water partition coefficient (Wildman–Crippen LogP) is 0.355. The van der Waals surface area contributed by atoms with Crippen molar-refractivity contribution in [3.63, 3.8) is 0 Å². The third-order valence-corrected chi connectivity index (χ3v) is 2.77. The highest BCUT2D eigenvalue weighted by molar-refractivity contribution is 5.84. The Hall–Kier alpha value is -2.16. The molecule has 1 amide bonds. The lowest BCUT2D eigenvalue weighted by molar-refractivity contribution is -0.119. The Morgan fingerprint density at radius 1 is 1.71 bits per heavy atom. The third kappa shape index (κ3) is 2.18. The summed E-state index contributed by atoms with van der Waals surface area (Å²) in [5.41, 5.74) is 6.06. The number of carbonyl (C=O) groups is 1. The molecule has 1 aromatic heterocycles. The van der Waals surface area contributed by atoms with Gasteiger partial charge in [-0.3, -0.25) is 4.79 Å². The van der Waals surface area contributed by atoms with Gasteiger partial charge in [0.25, 0.3) is 0 Å². The van der Waals surface area contributed by atoms with Gasteiger partial charge in [0.05, 0.1) is 6.54 Å². The van der Waals surface area contributed by atoms with E-state index in [4.69, 9.17) is 11.0 Å². The van der Waals surface area contributed by atoms with Crippen molar-refractivity contribution in [2.75, 3.05) is 11.4 Å². The maximum absolute atomic E-state index is 13.3. The van der Waals surface area contributed by atoms with E-state index in [9.17, 15) is 9.18 Å². The van der Waals surface area contributed by atoms with Crippen molar-refractivity contribution in [1.82, 2.24) is 4.98 Å². The fraction of sp³-hybridized carbons (Fsp3) is 0.364. The molecule has 0 bridgehead atoms. The van der Waals surface area contributed by atoms with Gasteiger partial charge in [0.1, 0.15) is 24.0 Å². The Balaban J connectivity index is 2.32. The lowest BCUT2D eigenvalue weighted by atomic mass is 10.2. The van der Waals surface area contributed by atoms with E-state index in [1.807, 2.05) is 6.07 Å². The van der Waals surface area contributed by atoms with Crippen LogP contribution < -0.4 is 10.6 Å². The van der Waals surface area contributed by atoms with E-state index in [2.05, 4.69) is 4.98 Å². The number of alkyl halides is 1. The summed E-state index contributed by atoms with van der Waals surface area (Å²) in [6.45, 7) is 0.114. The number of rotatable bonds is 2. The topological polar surface area (TPSA) is 83.0 Å². The number of primary amides is 1. The first kappa shape index (κ1) is 11.3. The van der Waals surface area contributed by atoms with Gasteiger partial charge in [-0.2, -0.15) is 5.26 Å². The largest absolute Gasteiger partial charge is 0.368 e. The lowest BCUT2D eigenvalue weighted by Gasteiger charge is -2.23. The summed E-state index contributed by atoms with van der Waals surface area (Å²) in [5, 5.41) is 8.74. The number of hydrogen-bond donors (Lipinski definition) is 1. The minimum absolute atomic E-state index is 0.0968. The smallest absolute Gasteiger partial charge is 0.240 e. The molecule has 0 radical (unpaired) electrons. The Labute approximate surface area is 97.7 Å². The van der Waals surface area contributed by atoms with Gasteiger partial charge in [0.15, 0.2) is 0 Å². The Morgan fingerprint density at radius 2 is 2.47 bits per heavy atom. The highest BCUT2D eigenvalue weighted by atomic mass is 19.1. The van der Waals surface area contributed by atoms with Gasteiger partial charge >= 0.3 is 0 Å². The molecule has 2 rings (SSSR count). The predicted molar refractivity (Wildman–Crippen MR) is 58.8 cm³/mol. The van der Waals surface area contributed by atoms with Crippen LogP contribution in [0.25, 0.3) is 0 Å². The minimum atomic E-state index is -1.08. The van der Waals surface area contributed by atoms with Crippen molar-refractivity contribution in [2.45, 2.75) is 18.6 Å². The zero-order chi connectivity index (χ0) is 12.4. The number of pyridine rings is 1. The van der Waals surface area contributed by atoms with E-state index < -0.39 is 18.1 Å². The Kier molecular flexibility index (Phi) is 2.91. The summed E-state index contributed by atoms with van der Waals surface area (Å²) >= 11 is 0. The molecule has 1 aliphatic rings. The van der Waals surface area contributed by atoms with Crippen LogP contribution in [0.15, 0.2) is 18.3 Å². The van der Waals surface area contributed by atoms with Crippen LogP contribution in [0.3, 0.4) is 0 Å². The fourth-order valence-electron chi connectivity index (χ4n) is 2.00. The standard InChI is InChI=1S/C11H11FN4O/c12-7-3-10(11(14)17)16(6-7)9-1-2-15-8(4-9)5-13/h1-2,4,7,10H,3,6H2,(H2,14,17)/t7-,10+/m1/s1. The fourth-order valence-corrected chi connectivity index (χ4v) is 2.00. The number of nitriles is 1. The molecule has 1 fully saturated rings. The number of aromatic nitrogens is 1. The number of hydrogen-bond acceptors (Lipinski definition) is 4. The van der Waals surface area contributed by atoms with E-state index in [0.717, 1.165) is 0 Å². The van der Waals surface area contributed by atoms with Gasteiger partial charge in [-0.15, -0.1) is 0 Å². The van der Waals surface area contributed by atoms with Crippen molar-refractivity contribution < 1.29 is 9.18 Å². The second-order valence-electron chi connectivity index (χ2n) is 3.91. The van der Waals surface area contributed by atoms with E-state index in [-0.39, 0.29) is 18.7 Å². The van der Waals surface area contributed by atoms with Crippen molar-refractivity contribution in [1.29, 1.82) is 5.26 Å². The summed E-state index contributed by atoms with van der Waals surface area (Å²) in [6.07, 6.45) is 0.475. The second kappa shape index (κ2) is 4.37. The zero-order valence-electron chi connectivity index (χ0n) is 9.01. The molecule has 1 aromatic rings. The first-order valence-corrected chi connectivity index (χ1v) is 5.18. The molecule has 6 heteroatoms. The van der Waals surface area contributed by atoms with Crippen molar-refractivity contribution in [3.05, 3.63) is 24.0 Å². The van der Waals surface area contributed by atoms with E-state index in [1.54, 1.807) is 11.0 Å². The van der Waals surface area contributed by atoms with Crippen molar-refractivity contribution in [2.24, 2.45) is 5.73 Å². The van der Waals surface area contributed by atoms with Crippen LogP contribution in [0.4, 0.5) is 10.1 Å². The van der Waals surface area contributed by atoms with Crippen LogP contribution in [0.1, 0.15) is 12.1 Å². The Bertz CT molecular complexity index is 485. The maximum Gasteiger partial charge on any atom is 0.240 e. The summed E-state index contributed by atoms with van der Waals surface area (Å²) in [7, 11) is 0. The number of nitrogens with zero attached hydrogens (tertiary/aromatic N) is 3. The van der Waals surface area contributed by atoms with Crippen LogP contribution in [-0.4, -0.2) is 29.6 Å². The number of anilines is 1. The summed E-state index contributed by atoms with van der Waals surface area (Å²) in [5.74, 6) is -0.555. The van der Waals surface area contributed by atoms with Gasteiger partial charge in [0.2, 0.25) is 5.91 Å². The number of amides is 1. The van der Waals surface area contributed by atoms with Crippen molar-refractivity contribution in [3.8, 4) is 6.07 Å². The second-order valence-corrected chi connectivity index (χ2v) is 3.91. The molecule has 0 aliphatic carbocycles. The lowest BCUT2D eigenvalue weighted by Crippen LogP contribution is -2.40. The van der Waals surface area contributed by atoms with Gasteiger partial charge in [-0.25, -0.2) is 9.37 Å². The Morgan fingerprint density at radius 3 is 3.12 bits per heavy atom. The molecule has 0 unspecified atom stereocenters. The molecule has 5 nitrogen and oxygen atoms in total. The van der Waals surface area contributed by atoms with Gasteiger partial charge in [-0.05, 0) is 12.1 Å². The monoisotopic (exact) mass is 234 g/mol. The van der Waals surface area contributed by atoms with E-state index >= 15 is 0 Å². The highest BCUT2D eigenvalue weighted by Crippen LogP contribution is 2.27. The molecular weight excluding hydrogens is 223 g/mol. The van der Waals surface area contributed by atoms with Crippen LogP contribution in [-0.2, 0) is 4.79 Å². The summed E-state index contributed by atoms with van der Waals surface area (Å²) in [4.78, 5) is 16.6. The molecule has 0 saturated carbocycles. The first-order chi connectivity index (χ1) is 8.11. The summed E-state index contributed by atoms with van der Waals surface area (Å²) < 4.78 is 13.3. The quantitative estimate of drug-likeness (QED) is 0.800. The molecule has 0 aromatic carbocycles. The van der Waals surface area contributed by atoms with E-state index in [1.165, 1.54) is 12.3 Å². The first-order valence-electron chi connectivity index (χ1n) is 5.18. The van der Waals surface area contributed by atoms with Gasteiger partial charge < -0.3 is 10.6 Å². The molecule has 2 N–H and O–H groups in total. The molecule has 0 spiro atoms. The average molecular weight is 234 g/mol. The van der Waals surface area contributed by atoms with Crippen LogP contribution in [0, 0.1) is 11.3 Å². The number of halogens is 1. The maximum atomic E-state index is 13.3. The van der Waals surface area contributed by atoms with Crippen molar-refractivity contribution >= 4 is 11.6 Å². The molecule has 1 aliphatic heterocycles. The third-order valence-electron chi connectivity index (χ3n) is 2.77. The summed E-state index contributed by atoms with van der Waals surface area (Å²) in [6, 6.07) is 4.40. The van der Waals surface area contributed by atoms with E-state index in [0.29, 0.717) is 5.69 Å². The normalized spacial score (nSPS) is 23.4. The average Bonchev–Trinajstić information content (AvgIpc) is 2.72. The van der Waals surface area contributed by atoms with Crippen LogP contribution >= 0.6 is 0 Å². The molecular formula is C11H11FN4O. The minimum Gasteiger partial charge on any atom is -0.368 e. The van der Waals surface area contributed by atoms with Gasteiger partial charge in [0, 0.05) is 18.3 Å². The molecule has 2 atom stereocenters. The molecule has 17 heavy (non-hydrogen) atoms. The molecule has 1 saturated heterocycles. The number of carbonyl (C=O) groups excluding carboxylic acids is 1. The van der Waals surface area contributed by atoms with Crippen LogP contribution in [0.2, 0.25) is 0 Å². The van der Waals surface area contributed by atoms with Crippen LogP contribution in [0.5, 0.6) is 0 Å². The van der Waals surface area contributed by atoms with Gasteiger partial charge in [-0.1, -0.05) is 0 Å².